The molecule has 172 valence electrons. The van der Waals surface area contributed by atoms with Gasteiger partial charge in [-0.3, -0.25) is 4.79 Å². The highest BCUT2D eigenvalue weighted by molar-refractivity contribution is 5.94. The van der Waals surface area contributed by atoms with Crippen molar-refractivity contribution in [3.63, 3.8) is 0 Å². The smallest absolute Gasteiger partial charge is 0.274 e. The average Bonchev–Trinajstić information content (AvgIpc) is 3.31. The molecule has 34 heavy (non-hydrogen) atoms. The summed E-state index contributed by atoms with van der Waals surface area (Å²) >= 11 is 0. The number of nitrogens with one attached hydrogen (secondary N) is 1. The van der Waals surface area contributed by atoms with Crippen LogP contribution in [0.15, 0.2) is 78.9 Å². The van der Waals surface area contributed by atoms with Crippen LogP contribution in [0, 0.1) is 5.82 Å². The molecular weight excluding hydrogens is 435 g/mol. The zero-order valence-corrected chi connectivity index (χ0v) is 18.7. The van der Waals surface area contributed by atoms with Crippen molar-refractivity contribution in [1.82, 2.24) is 14.8 Å². The minimum absolute atomic E-state index is 0.301. The SMILES string of the molecule is COc1ccc(CNc2nc(-c3ccc(OC)cc3)nn2C(=O)C=Cc2ccc(F)cc2)cc1. The topological polar surface area (TPSA) is 78.3 Å². The normalized spacial score (nSPS) is 10.9. The molecule has 7 nitrogen and oxygen atoms in total. The van der Waals surface area contributed by atoms with Gasteiger partial charge >= 0.3 is 0 Å². The molecule has 0 aliphatic carbocycles. The van der Waals surface area contributed by atoms with Crippen molar-refractivity contribution in [2.75, 3.05) is 19.5 Å². The molecule has 0 unspecified atom stereocenters. The van der Waals surface area contributed by atoms with Gasteiger partial charge in [-0.15, -0.1) is 5.10 Å². The Morgan fingerprint density at radius 2 is 1.56 bits per heavy atom. The molecular formula is C26H23FN4O3. The first-order chi connectivity index (χ1) is 16.6. The van der Waals surface area contributed by atoms with Crippen LogP contribution in [-0.4, -0.2) is 34.9 Å². The summed E-state index contributed by atoms with van der Waals surface area (Å²) in [5.74, 6) is 1.43. The summed E-state index contributed by atoms with van der Waals surface area (Å²) in [6, 6.07) is 20.7. The van der Waals surface area contributed by atoms with Crippen LogP contribution in [0.25, 0.3) is 17.5 Å². The lowest BCUT2D eigenvalue weighted by Crippen LogP contribution is -2.14. The first-order valence-corrected chi connectivity index (χ1v) is 10.5. The molecule has 0 radical (unpaired) electrons. The van der Waals surface area contributed by atoms with E-state index in [9.17, 15) is 9.18 Å². The lowest BCUT2D eigenvalue weighted by Gasteiger charge is -2.07. The third-order valence-electron chi connectivity index (χ3n) is 5.06. The van der Waals surface area contributed by atoms with Gasteiger partial charge in [0.25, 0.3) is 5.91 Å². The summed E-state index contributed by atoms with van der Waals surface area (Å²) in [5.41, 5.74) is 2.41. The number of rotatable bonds is 8. The summed E-state index contributed by atoms with van der Waals surface area (Å²) in [7, 11) is 3.21. The standard InChI is InChI=1S/C26H23FN4O3/c1-33-22-12-5-19(6-13-22)17-28-26-29-25(20-8-14-23(34-2)15-9-20)30-31(26)24(32)16-7-18-3-10-21(27)11-4-18/h3-16H,17H2,1-2H3,(H,28,29,30). The molecule has 0 spiro atoms. The number of allylic oxidation sites excluding steroid dienone is 1. The van der Waals surface area contributed by atoms with Crippen LogP contribution in [0.5, 0.6) is 11.5 Å². The number of halogens is 1. The van der Waals surface area contributed by atoms with Crippen molar-refractivity contribution in [2.45, 2.75) is 6.54 Å². The van der Waals surface area contributed by atoms with Gasteiger partial charge in [-0.1, -0.05) is 24.3 Å². The summed E-state index contributed by atoms with van der Waals surface area (Å²) in [5, 5.41) is 7.61. The molecule has 4 rings (SSSR count). The van der Waals surface area contributed by atoms with Crippen molar-refractivity contribution in [2.24, 2.45) is 0 Å². The number of hydrogen-bond donors (Lipinski definition) is 1. The number of nitrogens with zero attached hydrogens (tertiary/aromatic N) is 3. The highest BCUT2D eigenvalue weighted by atomic mass is 19.1. The first-order valence-electron chi connectivity index (χ1n) is 10.5. The maximum atomic E-state index is 13.1. The fourth-order valence-corrected chi connectivity index (χ4v) is 3.18. The van der Waals surface area contributed by atoms with Crippen molar-refractivity contribution >= 4 is 17.9 Å². The average molecular weight is 458 g/mol. The van der Waals surface area contributed by atoms with E-state index < -0.39 is 5.91 Å². The van der Waals surface area contributed by atoms with Gasteiger partial charge in [0, 0.05) is 18.2 Å². The van der Waals surface area contributed by atoms with Gasteiger partial charge < -0.3 is 14.8 Å². The Balaban J connectivity index is 1.60. The van der Waals surface area contributed by atoms with E-state index in [2.05, 4.69) is 15.4 Å². The number of ether oxygens (including phenoxy) is 2. The van der Waals surface area contributed by atoms with Crippen molar-refractivity contribution in [1.29, 1.82) is 0 Å². The predicted molar refractivity (Wildman–Crippen MR) is 128 cm³/mol. The molecule has 0 amide bonds. The summed E-state index contributed by atoms with van der Waals surface area (Å²) in [6.45, 7) is 0.430. The number of carbonyl (C=O) groups is 1. The van der Waals surface area contributed by atoms with E-state index >= 15 is 0 Å². The molecule has 1 aromatic heterocycles. The quantitative estimate of drug-likeness (QED) is 0.372. The van der Waals surface area contributed by atoms with E-state index in [4.69, 9.17) is 9.47 Å². The van der Waals surface area contributed by atoms with Gasteiger partial charge in [0.2, 0.25) is 5.95 Å². The number of carbonyl (C=O) groups excluding carboxylic acids is 1. The second kappa shape index (κ2) is 10.4. The Kier molecular flexibility index (Phi) is 6.98. The number of hydrogen-bond acceptors (Lipinski definition) is 6. The molecule has 0 aliphatic heterocycles. The number of aromatic nitrogens is 3. The molecule has 4 aromatic rings. The molecule has 0 aliphatic rings. The number of methoxy groups -OCH3 is 2. The van der Waals surface area contributed by atoms with Crippen molar-refractivity contribution in [3.8, 4) is 22.9 Å². The highest BCUT2D eigenvalue weighted by Crippen LogP contribution is 2.22. The summed E-state index contributed by atoms with van der Waals surface area (Å²) in [6.07, 6.45) is 2.97. The second-order valence-corrected chi connectivity index (χ2v) is 7.32. The molecule has 3 aromatic carbocycles. The van der Waals surface area contributed by atoms with Crippen molar-refractivity contribution in [3.05, 3.63) is 95.8 Å². The van der Waals surface area contributed by atoms with Gasteiger partial charge in [0.05, 0.1) is 14.2 Å². The van der Waals surface area contributed by atoms with E-state index in [-0.39, 0.29) is 5.82 Å². The van der Waals surface area contributed by atoms with Gasteiger partial charge in [-0.05, 0) is 65.7 Å². The van der Waals surface area contributed by atoms with Crippen LogP contribution in [0.1, 0.15) is 15.9 Å². The van der Waals surface area contributed by atoms with E-state index in [0.717, 1.165) is 16.9 Å². The van der Waals surface area contributed by atoms with E-state index in [1.54, 1.807) is 44.6 Å². The van der Waals surface area contributed by atoms with Crippen LogP contribution >= 0.6 is 0 Å². The molecule has 1 N–H and O–H groups in total. The van der Waals surface area contributed by atoms with Crippen LogP contribution in [0.3, 0.4) is 0 Å². The van der Waals surface area contributed by atoms with Crippen molar-refractivity contribution < 1.29 is 18.7 Å². The second-order valence-electron chi connectivity index (χ2n) is 7.32. The zero-order chi connectivity index (χ0) is 23.9. The molecule has 0 atom stereocenters. The van der Waals surface area contributed by atoms with Crippen LogP contribution in [-0.2, 0) is 6.54 Å². The third kappa shape index (κ3) is 5.47. The van der Waals surface area contributed by atoms with E-state index in [1.807, 2.05) is 36.4 Å². The van der Waals surface area contributed by atoms with Gasteiger partial charge in [0.1, 0.15) is 17.3 Å². The largest absolute Gasteiger partial charge is 0.497 e. The Morgan fingerprint density at radius 3 is 2.18 bits per heavy atom. The van der Waals surface area contributed by atoms with Crippen LogP contribution < -0.4 is 14.8 Å². The van der Waals surface area contributed by atoms with Gasteiger partial charge in [-0.2, -0.15) is 9.67 Å². The maximum absolute atomic E-state index is 13.1. The van der Waals surface area contributed by atoms with E-state index in [0.29, 0.717) is 29.6 Å². The fraction of sp³-hybridized carbons (Fsp3) is 0.115. The molecule has 0 saturated heterocycles. The molecule has 0 fully saturated rings. The Hall–Kier alpha value is -4.46. The Morgan fingerprint density at radius 1 is 0.941 bits per heavy atom. The Bertz CT molecular complexity index is 1280. The predicted octanol–water partition coefficient (Wildman–Crippen LogP) is 5.07. The summed E-state index contributed by atoms with van der Waals surface area (Å²) < 4.78 is 24.8. The molecule has 8 heteroatoms. The molecule has 1 heterocycles. The first kappa shape index (κ1) is 22.7. The zero-order valence-electron chi connectivity index (χ0n) is 18.7. The van der Waals surface area contributed by atoms with Gasteiger partial charge in [0.15, 0.2) is 5.82 Å². The van der Waals surface area contributed by atoms with E-state index in [1.165, 1.54) is 22.9 Å². The maximum Gasteiger partial charge on any atom is 0.274 e. The number of anilines is 1. The lowest BCUT2D eigenvalue weighted by atomic mass is 10.2. The third-order valence-corrected chi connectivity index (χ3v) is 5.06. The lowest BCUT2D eigenvalue weighted by molar-refractivity contribution is 0.0957. The van der Waals surface area contributed by atoms with Crippen LogP contribution in [0.4, 0.5) is 10.3 Å². The summed E-state index contributed by atoms with van der Waals surface area (Å²) in [4.78, 5) is 17.5. The highest BCUT2D eigenvalue weighted by Gasteiger charge is 2.16. The molecule has 0 bridgehead atoms. The fourth-order valence-electron chi connectivity index (χ4n) is 3.18. The number of benzene rings is 3. The molecule has 0 saturated carbocycles. The monoisotopic (exact) mass is 458 g/mol. The minimum atomic E-state index is -0.395. The van der Waals surface area contributed by atoms with Crippen LogP contribution in [0.2, 0.25) is 0 Å². The van der Waals surface area contributed by atoms with Gasteiger partial charge in [-0.25, -0.2) is 4.39 Å². The Labute approximate surface area is 196 Å². The minimum Gasteiger partial charge on any atom is -0.497 e.